The summed E-state index contributed by atoms with van der Waals surface area (Å²) < 4.78 is 5.79. The number of cyclic esters (lactones) is 1. The second-order valence-electron chi connectivity index (χ2n) is 10.1. The molecule has 0 radical (unpaired) electrons. The maximum atomic E-state index is 12.7. The van der Waals surface area contributed by atoms with Gasteiger partial charge in [0.25, 0.3) is 0 Å². The Balaban J connectivity index is 1.23. The fourth-order valence-corrected chi connectivity index (χ4v) is 5.37. The Morgan fingerprint density at radius 2 is 1.88 bits per heavy atom. The molecular formula is C24H35ClN4O3. The van der Waals surface area contributed by atoms with E-state index in [2.05, 4.69) is 15.9 Å². The first kappa shape index (κ1) is 23.3. The fourth-order valence-electron chi connectivity index (χ4n) is 5.18. The number of anilines is 1. The molecule has 32 heavy (non-hydrogen) atoms. The van der Waals surface area contributed by atoms with E-state index in [0.717, 1.165) is 50.6 Å². The number of likely N-dealkylation sites (tertiary alicyclic amines) is 1. The molecular weight excluding hydrogens is 428 g/mol. The molecule has 0 bridgehead atoms. The van der Waals surface area contributed by atoms with Crippen LogP contribution in [0.2, 0.25) is 5.02 Å². The van der Waals surface area contributed by atoms with E-state index in [1.54, 1.807) is 18.7 Å². The van der Waals surface area contributed by atoms with Crippen LogP contribution in [0.25, 0.3) is 0 Å². The third kappa shape index (κ3) is 5.05. The molecule has 0 saturated carbocycles. The Labute approximate surface area is 195 Å². The average molecular weight is 463 g/mol. The first-order valence-electron chi connectivity index (χ1n) is 11.7. The molecule has 176 valence electrons. The van der Waals surface area contributed by atoms with E-state index < -0.39 is 11.0 Å². The number of nitrogens with zero attached hydrogens (tertiary/aromatic N) is 3. The Kier molecular flexibility index (Phi) is 6.71. The Morgan fingerprint density at radius 1 is 1.19 bits per heavy atom. The highest BCUT2D eigenvalue weighted by Crippen LogP contribution is 2.44. The number of amides is 1. The highest BCUT2D eigenvalue weighted by atomic mass is 35.5. The highest BCUT2D eigenvalue weighted by Gasteiger charge is 2.51. The molecule has 0 aliphatic carbocycles. The standard InChI is InChI=1S/C24H35ClN4O3/c1-23(2,26)21(30)29-10-7-24(8-11-29)17-20(32-22(24)31)6-9-27-12-14-28(15-13-27)19-5-3-4-18(25)16-19/h3-5,16,20H,6-15,17,26H2,1-2H3/t20-/m0/s1. The van der Waals surface area contributed by atoms with Crippen LogP contribution in [0.4, 0.5) is 5.69 Å². The minimum atomic E-state index is -0.875. The number of rotatable bonds is 5. The van der Waals surface area contributed by atoms with Crippen LogP contribution in [0.15, 0.2) is 24.3 Å². The Bertz CT molecular complexity index is 840. The number of nitrogens with two attached hydrogens (primary N) is 1. The molecule has 3 heterocycles. The highest BCUT2D eigenvalue weighted by molar-refractivity contribution is 6.30. The van der Waals surface area contributed by atoms with Crippen molar-refractivity contribution < 1.29 is 14.3 Å². The monoisotopic (exact) mass is 462 g/mol. The van der Waals surface area contributed by atoms with E-state index in [1.807, 2.05) is 18.2 Å². The summed E-state index contributed by atoms with van der Waals surface area (Å²) >= 11 is 6.13. The number of halogens is 1. The number of ether oxygens (including phenoxy) is 1. The van der Waals surface area contributed by atoms with Gasteiger partial charge in [-0.25, -0.2) is 0 Å². The molecule has 3 saturated heterocycles. The summed E-state index contributed by atoms with van der Waals surface area (Å²) in [4.78, 5) is 31.8. The molecule has 0 aromatic heterocycles. The third-order valence-electron chi connectivity index (χ3n) is 7.20. The molecule has 3 aliphatic heterocycles. The van der Waals surface area contributed by atoms with E-state index in [1.165, 1.54) is 5.69 Å². The van der Waals surface area contributed by atoms with E-state index >= 15 is 0 Å². The number of piperidine rings is 1. The second kappa shape index (κ2) is 9.20. The molecule has 3 aliphatic rings. The number of piperazine rings is 1. The molecule has 1 aromatic rings. The minimum absolute atomic E-state index is 0.0262. The van der Waals surface area contributed by atoms with E-state index in [4.69, 9.17) is 22.1 Å². The van der Waals surface area contributed by atoms with Crippen molar-refractivity contribution in [3.05, 3.63) is 29.3 Å². The third-order valence-corrected chi connectivity index (χ3v) is 7.43. The zero-order valence-electron chi connectivity index (χ0n) is 19.2. The maximum absolute atomic E-state index is 12.7. The first-order chi connectivity index (χ1) is 15.2. The van der Waals surface area contributed by atoms with Gasteiger partial charge in [0, 0.05) is 62.9 Å². The fraction of sp³-hybridized carbons (Fsp3) is 0.667. The number of hydrogen-bond donors (Lipinski definition) is 1. The molecule has 8 heteroatoms. The molecule has 1 atom stereocenters. The summed E-state index contributed by atoms with van der Waals surface area (Å²) in [6.07, 6.45) is 2.94. The van der Waals surface area contributed by atoms with Gasteiger partial charge in [0.15, 0.2) is 0 Å². The van der Waals surface area contributed by atoms with Crippen LogP contribution < -0.4 is 10.6 Å². The van der Waals surface area contributed by atoms with Crippen molar-refractivity contribution >= 4 is 29.2 Å². The van der Waals surface area contributed by atoms with Crippen molar-refractivity contribution in [1.29, 1.82) is 0 Å². The number of carbonyl (C=O) groups excluding carboxylic acids is 2. The van der Waals surface area contributed by atoms with Gasteiger partial charge in [0.05, 0.1) is 11.0 Å². The van der Waals surface area contributed by atoms with Crippen LogP contribution in [-0.4, -0.2) is 79.1 Å². The van der Waals surface area contributed by atoms with Gasteiger partial charge >= 0.3 is 5.97 Å². The van der Waals surface area contributed by atoms with Gasteiger partial charge < -0.3 is 20.3 Å². The molecule has 3 fully saturated rings. The zero-order chi connectivity index (χ0) is 22.9. The van der Waals surface area contributed by atoms with Crippen LogP contribution >= 0.6 is 11.6 Å². The van der Waals surface area contributed by atoms with Crippen LogP contribution in [0.3, 0.4) is 0 Å². The van der Waals surface area contributed by atoms with Crippen LogP contribution in [0, 0.1) is 5.41 Å². The second-order valence-corrected chi connectivity index (χ2v) is 10.6. The average Bonchev–Trinajstić information content (AvgIpc) is 3.07. The summed E-state index contributed by atoms with van der Waals surface area (Å²) in [6, 6.07) is 8.01. The predicted molar refractivity (Wildman–Crippen MR) is 126 cm³/mol. The Morgan fingerprint density at radius 3 is 2.50 bits per heavy atom. The molecule has 1 amide bonds. The van der Waals surface area contributed by atoms with Gasteiger partial charge in [-0.2, -0.15) is 0 Å². The molecule has 1 spiro atoms. The molecule has 0 unspecified atom stereocenters. The summed E-state index contributed by atoms with van der Waals surface area (Å²) in [5.41, 5.74) is 5.84. The molecule has 4 rings (SSSR count). The van der Waals surface area contributed by atoms with Crippen molar-refractivity contribution in [3.63, 3.8) is 0 Å². The van der Waals surface area contributed by atoms with Gasteiger partial charge in [-0.15, -0.1) is 0 Å². The van der Waals surface area contributed by atoms with Crippen molar-refractivity contribution in [1.82, 2.24) is 9.80 Å². The van der Waals surface area contributed by atoms with E-state index in [-0.39, 0.29) is 18.0 Å². The maximum Gasteiger partial charge on any atom is 0.312 e. The first-order valence-corrected chi connectivity index (χ1v) is 12.1. The quantitative estimate of drug-likeness (QED) is 0.677. The summed E-state index contributed by atoms with van der Waals surface area (Å²) in [6.45, 7) is 9.46. The van der Waals surface area contributed by atoms with Crippen LogP contribution in [0.1, 0.15) is 39.5 Å². The van der Waals surface area contributed by atoms with Gasteiger partial charge in [-0.3, -0.25) is 14.5 Å². The lowest BCUT2D eigenvalue weighted by Crippen LogP contribution is -2.55. The lowest BCUT2D eigenvalue weighted by atomic mass is 9.75. The number of hydrogen-bond acceptors (Lipinski definition) is 6. The molecule has 2 N–H and O–H groups in total. The number of benzene rings is 1. The van der Waals surface area contributed by atoms with Gasteiger partial charge in [-0.1, -0.05) is 17.7 Å². The molecule has 7 nitrogen and oxygen atoms in total. The van der Waals surface area contributed by atoms with Crippen molar-refractivity contribution in [2.24, 2.45) is 11.1 Å². The van der Waals surface area contributed by atoms with Crippen LogP contribution in [0.5, 0.6) is 0 Å². The van der Waals surface area contributed by atoms with Gasteiger partial charge in [0.1, 0.15) is 6.10 Å². The number of esters is 1. The smallest absolute Gasteiger partial charge is 0.312 e. The zero-order valence-corrected chi connectivity index (χ0v) is 19.9. The summed E-state index contributed by atoms with van der Waals surface area (Å²) in [7, 11) is 0. The largest absolute Gasteiger partial charge is 0.462 e. The number of carbonyl (C=O) groups is 2. The topological polar surface area (TPSA) is 79.1 Å². The van der Waals surface area contributed by atoms with Crippen molar-refractivity contribution in [2.45, 2.75) is 51.2 Å². The lowest BCUT2D eigenvalue weighted by molar-refractivity contribution is -0.153. The van der Waals surface area contributed by atoms with Gasteiger partial charge in [-0.05, 0) is 51.3 Å². The predicted octanol–water partition coefficient (Wildman–Crippen LogP) is 2.51. The summed E-state index contributed by atoms with van der Waals surface area (Å²) in [5, 5.41) is 0.767. The summed E-state index contributed by atoms with van der Waals surface area (Å²) in [5.74, 6) is -0.125. The van der Waals surface area contributed by atoms with E-state index in [0.29, 0.717) is 25.9 Å². The van der Waals surface area contributed by atoms with Crippen molar-refractivity contribution in [2.75, 3.05) is 50.7 Å². The molecule has 1 aromatic carbocycles. The van der Waals surface area contributed by atoms with Crippen LogP contribution in [-0.2, 0) is 14.3 Å². The SMILES string of the molecule is CC(C)(N)C(=O)N1CCC2(CC1)C[C@H](CCN1CCN(c3cccc(Cl)c3)CC1)OC2=O. The Hall–Kier alpha value is -1.83. The normalized spacial score (nSPS) is 24.1. The minimum Gasteiger partial charge on any atom is -0.462 e. The lowest BCUT2D eigenvalue weighted by Gasteiger charge is -2.39. The van der Waals surface area contributed by atoms with E-state index in [9.17, 15) is 9.59 Å². The van der Waals surface area contributed by atoms with Gasteiger partial charge in [0.2, 0.25) is 5.91 Å². The van der Waals surface area contributed by atoms with Crippen molar-refractivity contribution in [3.8, 4) is 0 Å².